The molecule has 1 aromatic heterocycles. The van der Waals surface area contributed by atoms with E-state index >= 15 is 0 Å². The summed E-state index contributed by atoms with van der Waals surface area (Å²) in [6.45, 7) is 3.23. The largest absolute Gasteiger partial charge is 0.447 e. The summed E-state index contributed by atoms with van der Waals surface area (Å²) < 4.78 is 44.5. The molecule has 0 atom stereocenters. The van der Waals surface area contributed by atoms with E-state index in [0.29, 0.717) is 11.5 Å². The molecular weight excluding hydrogens is 271 g/mol. The highest BCUT2D eigenvalue weighted by Crippen LogP contribution is 2.15. The predicted octanol–water partition coefficient (Wildman–Crippen LogP) is 1.91. The topological polar surface area (TPSA) is 72.2 Å². The van der Waals surface area contributed by atoms with Crippen LogP contribution in [0.5, 0.6) is 0 Å². The van der Waals surface area contributed by atoms with Gasteiger partial charge < -0.3 is 4.42 Å². The Kier molecular flexibility index (Phi) is 3.68. The lowest BCUT2D eigenvalue weighted by molar-refractivity contribution is 0.492. The molecular formula is C12H13FN2O3S. The Morgan fingerprint density at radius 2 is 2.11 bits per heavy atom. The van der Waals surface area contributed by atoms with Gasteiger partial charge in [-0.1, -0.05) is 0 Å². The molecule has 0 saturated carbocycles. The maximum atomic E-state index is 13.1. The molecule has 0 bridgehead atoms. The first-order chi connectivity index (χ1) is 8.90. The summed E-state index contributed by atoms with van der Waals surface area (Å²) in [6.07, 6.45) is 1.25. The van der Waals surface area contributed by atoms with Crippen molar-refractivity contribution >= 4 is 10.0 Å². The molecule has 0 unspecified atom stereocenters. The Hall–Kier alpha value is -1.73. The van der Waals surface area contributed by atoms with Gasteiger partial charge in [0.05, 0.1) is 17.1 Å². The van der Waals surface area contributed by atoms with Gasteiger partial charge in [-0.25, -0.2) is 22.5 Å². The van der Waals surface area contributed by atoms with Gasteiger partial charge in [0.15, 0.2) is 6.39 Å². The van der Waals surface area contributed by atoms with Gasteiger partial charge in [-0.05, 0) is 37.6 Å². The fraction of sp³-hybridized carbons (Fsp3) is 0.250. The summed E-state index contributed by atoms with van der Waals surface area (Å²) in [5.74, 6) is 0.00689. The minimum atomic E-state index is -3.70. The molecule has 0 amide bonds. The van der Waals surface area contributed by atoms with E-state index in [0.717, 1.165) is 6.07 Å². The number of rotatable bonds is 4. The van der Waals surface area contributed by atoms with Crippen LogP contribution in [0.15, 0.2) is 33.9 Å². The molecule has 1 aromatic carbocycles. The smallest absolute Gasteiger partial charge is 0.240 e. The summed E-state index contributed by atoms with van der Waals surface area (Å²) in [5.41, 5.74) is 0.900. The standard InChI is InChI=1S/C12H13FN2O3S/c1-8-5-10(3-4-11(8)13)19(16,17)15-6-12-9(2)14-7-18-12/h3-5,7,15H,6H2,1-2H3. The van der Waals surface area contributed by atoms with Crippen LogP contribution in [0.3, 0.4) is 0 Å². The van der Waals surface area contributed by atoms with Gasteiger partial charge >= 0.3 is 0 Å². The predicted molar refractivity (Wildman–Crippen MR) is 66.4 cm³/mol. The maximum Gasteiger partial charge on any atom is 0.240 e. The number of nitrogens with zero attached hydrogens (tertiary/aromatic N) is 1. The Balaban J connectivity index is 2.18. The van der Waals surface area contributed by atoms with Crippen LogP contribution >= 0.6 is 0 Å². The number of halogens is 1. The van der Waals surface area contributed by atoms with Gasteiger partial charge in [-0.2, -0.15) is 0 Å². The van der Waals surface area contributed by atoms with E-state index in [9.17, 15) is 12.8 Å². The number of oxazole rings is 1. The average molecular weight is 284 g/mol. The number of sulfonamides is 1. The van der Waals surface area contributed by atoms with Gasteiger partial charge in [0.2, 0.25) is 10.0 Å². The van der Waals surface area contributed by atoms with Crippen molar-refractivity contribution in [1.29, 1.82) is 0 Å². The first-order valence-electron chi connectivity index (χ1n) is 5.55. The van der Waals surface area contributed by atoms with Crippen LogP contribution < -0.4 is 4.72 Å². The zero-order chi connectivity index (χ0) is 14.0. The summed E-state index contributed by atoms with van der Waals surface area (Å²) in [4.78, 5) is 3.88. The van der Waals surface area contributed by atoms with Crippen molar-refractivity contribution in [2.24, 2.45) is 0 Å². The number of aromatic nitrogens is 1. The third kappa shape index (κ3) is 2.99. The molecule has 2 aromatic rings. The third-order valence-corrected chi connectivity index (χ3v) is 4.11. The molecule has 0 aliphatic rings. The van der Waals surface area contributed by atoms with Crippen molar-refractivity contribution in [3.63, 3.8) is 0 Å². The lowest BCUT2D eigenvalue weighted by Crippen LogP contribution is -2.23. The molecule has 7 heteroatoms. The number of hydrogen-bond acceptors (Lipinski definition) is 4. The number of benzene rings is 1. The van der Waals surface area contributed by atoms with Gasteiger partial charge in [0, 0.05) is 0 Å². The molecule has 5 nitrogen and oxygen atoms in total. The second-order valence-corrected chi connectivity index (χ2v) is 5.86. The Morgan fingerprint density at radius 3 is 2.68 bits per heavy atom. The summed E-state index contributed by atoms with van der Waals surface area (Å²) in [6, 6.07) is 3.63. The van der Waals surface area contributed by atoms with Crippen molar-refractivity contribution < 1.29 is 17.2 Å². The fourth-order valence-electron chi connectivity index (χ4n) is 1.52. The summed E-state index contributed by atoms with van der Waals surface area (Å²) in [5, 5.41) is 0. The zero-order valence-electron chi connectivity index (χ0n) is 10.5. The lowest BCUT2D eigenvalue weighted by Gasteiger charge is -2.06. The van der Waals surface area contributed by atoms with Gasteiger partial charge in [-0.15, -0.1) is 0 Å². The van der Waals surface area contributed by atoms with Crippen LogP contribution in [0.4, 0.5) is 4.39 Å². The van der Waals surface area contributed by atoms with Gasteiger partial charge in [-0.3, -0.25) is 0 Å². The number of hydrogen-bond donors (Lipinski definition) is 1. The molecule has 0 saturated heterocycles. The quantitative estimate of drug-likeness (QED) is 0.931. The molecule has 1 N–H and O–H groups in total. The van der Waals surface area contributed by atoms with E-state index in [1.165, 1.54) is 25.5 Å². The fourth-order valence-corrected chi connectivity index (χ4v) is 2.59. The average Bonchev–Trinajstić information content (AvgIpc) is 2.76. The SMILES string of the molecule is Cc1cc(S(=O)(=O)NCc2ocnc2C)ccc1F. The van der Waals surface area contributed by atoms with Crippen LogP contribution in [-0.4, -0.2) is 13.4 Å². The van der Waals surface area contributed by atoms with Crippen LogP contribution in [0.2, 0.25) is 0 Å². The Bertz CT molecular complexity index is 695. The van der Waals surface area contributed by atoms with E-state index < -0.39 is 15.8 Å². The molecule has 2 rings (SSSR count). The van der Waals surface area contributed by atoms with Crippen molar-refractivity contribution in [3.8, 4) is 0 Å². The van der Waals surface area contributed by atoms with E-state index in [4.69, 9.17) is 4.42 Å². The van der Waals surface area contributed by atoms with Gasteiger partial charge in [0.25, 0.3) is 0 Å². The molecule has 0 fully saturated rings. The van der Waals surface area contributed by atoms with Crippen LogP contribution in [0.1, 0.15) is 17.0 Å². The maximum absolute atomic E-state index is 13.1. The zero-order valence-corrected chi connectivity index (χ0v) is 11.3. The van der Waals surface area contributed by atoms with Crippen LogP contribution in [0.25, 0.3) is 0 Å². The Morgan fingerprint density at radius 1 is 1.37 bits per heavy atom. The first kappa shape index (κ1) is 13.7. The molecule has 0 spiro atoms. The molecule has 0 aliphatic heterocycles. The van der Waals surface area contributed by atoms with E-state index in [-0.39, 0.29) is 17.0 Å². The third-order valence-electron chi connectivity index (χ3n) is 2.71. The Labute approximate surface area is 110 Å². The molecule has 1 heterocycles. The van der Waals surface area contributed by atoms with Crippen LogP contribution in [0, 0.1) is 19.7 Å². The van der Waals surface area contributed by atoms with Crippen molar-refractivity contribution in [3.05, 3.63) is 47.4 Å². The van der Waals surface area contributed by atoms with E-state index in [2.05, 4.69) is 9.71 Å². The van der Waals surface area contributed by atoms with E-state index in [1.807, 2.05) is 0 Å². The van der Waals surface area contributed by atoms with Crippen molar-refractivity contribution in [2.45, 2.75) is 25.3 Å². The highest BCUT2D eigenvalue weighted by molar-refractivity contribution is 7.89. The molecule has 0 radical (unpaired) electrons. The van der Waals surface area contributed by atoms with Crippen molar-refractivity contribution in [2.75, 3.05) is 0 Å². The molecule has 19 heavy (non-hydrogen) atoms. The second kappa shape index (κ2) is 5.10. The molecule has 0 aliphatic carbocycles. The first-order valence-corrected chi connectivity index (χ1v) is 7.03. The number of nitrogens with one attached hydrogen (secondary N) is 1. The van der Waals surface area contributed by atoms with Crippen LogP contribution in [-0.2, 0) is 16.6 Å². The summed E-state index contributed by atoms with van der Waals surface area (Å²) in [7, 11) is -3.70. The van der Waals surface area contributed by atoms with Crippen molar-refractivity contribution in [1.82, 2.24) is 9.71 Å². The second-order valence-electron chi connectivity index (χ2n) is 4.10. The highest BCUT2D eigenvalue weighted by atomic mass is 32.2. The monoisotopic (exact) mass is 284 g/mol. The minimum Gasteiger partial charge on any atom is -0.447 e. The minimum absolute atomic E-state index is 0.00455. The number of aryl methyl sites for hydroxylation is 2. The van der Waals surface area contributed by atoms with E-state index in [1.54, 1.807) is 6.92 Å². The molecule has 102 valence electrons. The highest BCUT2D eigenvalue weighted by Gasteiger charge is 2.16. The summed E-state index contributed by atoms with van der Waals surface area (Å²) >= 11 is 0. The normalized spacial score (nSPS) is 11.7. The van der Waals surface area contributed by atoms with Gasteiger partial charge in [0.1, 0.15) is 11.6 Å². The lowest BCUT2D eigenvalue weighted by atomic mass is 10.2.